The summed E-state index contributed by atoms with van der Waals surface area (Å²) in [6, 6.07) is 5.17. The van der Waals surface area contributed by atoms with Gasteiger partial charge < -0.3 is 10.5 Å². The zero-order valence-corrected chi connectivity index (χ0v) is 13.8. The molecule has 2 rings (SSSR count). The fourth-order valence-corrected chi connectivity index (χ4v) is 2.72. The Morgan fingerprint density at radius 1 is 1.35 bits per heavy atom. The quantitative estimate of drug-likeness (QED) is 0.619. The highest BCUT2D eigenvalue weighted by Gasteiger charge is 2.13. The molecular weight excluding hydrogens is 316 g/mol. The van der Waals surface area contributed by atoms with Gasteiger partial charge in [0.05, 0.1) is 7.11 Å². The molecule has 2 aromatic rings. The second-order valence-corrected chi connectivity index (χ2v) is 6.02. The van der Waals surface area contributed by atoms with E-state index in [1.165, 1.54) is 18.4 Å². The molecule has 0 fully saturated rings. The van der Waals surface area contributed by atoms with E-state index in [0.717, 1.165) is 10.6 Å². The molecule has 0 saturated carbocycles. The van der Waals surface area contributed by atoms with Crippen LogP contribution in [0.2, 0.25) is 0 Å². The Balaban J connectivity index is 1.94. The monoisotopic (exact) mass is 334 g/mol. The van der Waals surface area contributed by atoms with E-state index in [-0.39, 0.29) is 11.9 Å². The van der Waals surface area contributed by atoms with Gasteiger partial charge in [-0.1, -0.05) is 17.4 Å². The number of hydrogen-bond acceptors (Lipinski definition) is 7. The van der Waals surface area contributed by atoms with Crippen molar-refractivity contribution in [1.82, 2.24) is 10.2 Å². The fourth-order valence-electron chi connectivity index (χ4n) is 1.94. The summed E-state index contributed by atoms with van der Waals surface area (Å²) >= 11 is 1.29. The van der Waals surface area contributed by atoms with Crippen molar-refractivity contribution < 1.29 is 14.3 Å². The van der Waals surface area contributed by atoms with Crippen molar-refractivity contribution in [3.63, 3.8) is 0 Å². The van der Waals surface area contributed by atoms with Crippen LogP contribution in [0.15, 0.2) is 18.2 Å². The maximum Gasteiger partial charge on any atom is 0.305 e. The Bertz CT molecular complexity index is 714. The SMILES string of the molecule is COC(=O)CCCc1nnc(NC(=O)c2cc(N)ccc2C)s1. The predicted molar refractivity (Wildman–Crippen MR) is 88.4 cm³/mol. The lowest BCUT2D eigenvalue weighted by molar-refractivity contribution is -0.140. The Labute approximate surface area is 137 Å². The summed E-state index contributed by atoms with van der Waals surface area (Å²) in [5, 5.41) is 11.8. The van der Waals surface area contributed by atoms with Crippen LogP contribution in [-0.4, -0.2) is 29.2 Å². The molecule has 0 unspecified atom stereocenters. The summed E-state index contributed by atoms with van der Waals surface area (Å²) in [6.07, 6.45) is 1.57. The number of nitrogens with zero attached hydrogens (tertiary/aromatic N) is 2. The van der Waals surface area contributed by atoms with E-state index in [9.17, 15) is 9.59 Å². The number of nitrogens with one attached hydrogen (secondary N) is 1. The van der Waals surface area contributed by atoms with Gasteiger partial charge in [-0.05, 0) is 31.0 Å². The highest BCUT2D eigenvalue weighted by Crippen LogP contribution is 2.20. The molecule has 0 aliphatic carbocycles. The lowest BCUT2D eigenvalue weighted by atomic mass is 10.1. The van der Waals surface area contributed by atoms with Gasteiger partial charge in [0.15, 0.2) is 0 Å². The number of esters is 1. The van der Waals surface area contributed by atoms with Gasteiger partial charge in [0, 0.05) is 24.1 Å². The first kappa shape index (κ1) is 16.9. The van der Waals surface area contributed by atoms with Crippen molar-refractivity contribution in [1.29, 1.82) is 0 Å². The maximum atomic E-state index is 12.2. The minimum Gasteiger partial charge on any atom is -0.469 e. The molecule has 0 aliphatic heterocycles. The van der Waals surface area contributed by atoms with Crippen LogP contribution in [0.1, 0.15) is 33.8 Å². The second-order valence-electron chi connectivity index (χ2n) is 4.96. The number of anilines is 2. The number of hydrogen-bond donors (Lipinski definition) is 2. The molecule has 1 amide bonds. The molecule has 1 aromatic heterocycles. The Morgan fingerprint density at radius 3 is 2.87 bits per heavy atom. The highest BCUT2D eigenvalue weighted by atomic mass is 32.1. The van der Waals surface area contributed by atoms with Gasteiger partial charge in [0.25, 0.3) is 5.91 Å². The molecule has 8 heteroatoms. The van der Waals surface area contributed by atoms with Crippen LogP contribution in [-0.2, 0) is 16.0 Å². The van der Waals surface area contributed by atoms with Crippen molar-refractivity contribution in [2.75, 3.05) is 18.2 Å². The van der Waals surface area contributed by atoms with E-state index in [1.54, 1.807) is 18.2 Å². The number of benzene rings is 1. The van der Waals surface area contributed by atoms with Crippen LogP contribution in [0, 0.1) is 6.92 Å². The summed E-state index contributed by atoms with van der Waals surface area (Å²) in [4.78, 5) is 23.3. The Hall–Kier alpha value is -2.48. The van der Waals surface area contributed by atoms with Gasteiger partial charge in [-0.15, -0.1) is 10.2 Å². The van der Waals surface area contributed by atoms with E-state index in [1.807, 2.05) is 6.92 Å². The first-order valence-electron chi connectivity index (χ1n) is 7.06. The number of ether oxygens (including phenoxy) is 1. The lowest BCUT2D eigenvalue weighted by Crippen LogP contribution is -2.13. The number of nitrogen functional groups attached to an aromatic ring is 1. The number of nitrogens with two attached hydrogens (primary N) is 1. The molecule has 0 radical (unpaired) electrons. The third-order valence-electron chi connectivity index (χ3n) is 3.19. The van der Waals surface area contributed by atoms with Crippen LogP contribution in [0.4, 0.5) is 10.8 Å². The average Bonchev–Trinajstić information content (AvgIpc) is 2.96. The summed E-state index contributed by atoms with van der Waals surface area (Å²) in [5.41, 5.74) is 7.58. The third kappa shape index (κ3) is 4.75. The van der Waals surface area contributed by atoms with Crippen molar-refractivity contribution in [2.24, 2.45) is 0 Å². The minimum absolute atomic E-state index is 0.250. The van der Waals surface area contributed by atoms with Crippen molar-refractivity contribution >= 4 is 34.0 Å². The topological polar surface area (TPSA) is 107 Å². The van der Waals surface area contributed by atoms with Gasteiger partial charge >= 0.3 is 5.97 Å². The third-order valence-corrected chi connectivity index (χ3v) is 4.09. The molecule has 0 atom stereocenters. The number of carbonyl (C=O) groups excluding carboxylic acids is 2. The first-order valence-corrected chi connectivity index (χ1v) is 7.88. The Morgan fingerprint density at radius 2 is 2.13 bits per heavy atom. The molecular formula is C15H18N4O3S. The molecule has 0 saturated heterocycles. The largest absolute Gasteiger partial charge is 0.469 e. The second kappa shape index (κ2) is 7.68. The van der Waals surface area contributed by atoms with E-state index >= 15 is 0 Å². The first-order chi connectivity index (χ1) is 11.0. The van der Waals surface area contributed by atoms with Crippen LogP contribution in [0.5, 0.6) is 0 Å². The summed E-state index contributed by atoms with van der Waals surface area (Å²) in [7, 11) is 1.36. The highest BCUT2D eigenvalue weighted by molar-refractivity contribution is 7.15. The van der Waals surface area contributed by atoms with Crippen LogP contribution in [0.25, 0.3) is 0 Å². The predicted octanol–water partition coefficient (Wildman–Crippen LogP) is 2.18. The molecule has 23 heavy (non-hydrogen) atoms. The normalized spacial score (nSPS) is 10.3. The molecule has 7 nitrogen and oxygen atoms in total. The van der Waals surface area contributed by atoms with Gasteiger partial charge in [0.2, 0.25) is 5.13 Å². The number of aryl methyl sites for hydroxylation is 2. The minimum atomic E-state index is -0.271. The van der Waals surface area contributed by atoms with Crippen molar-refractivity contribution in [2.45, 2.75) is 26.2 Å². The smallest absolute Gasteiger partial charge is 0.305 e. The van der Waals surface area contributed by atoms with Gasteiger partial charge in [-0.2, -0.15) is 0 Å². The van der Waals surface area contributed by atoms with Crippen molar-refractivity contribution in [3.8, 4) is 0 Å². The zero-order valence-electron chi connectivity index (χ0n) is 13.0. The van der Waals surface area contributed by atoms with Gasteiger partial charge in [0.1, 0.15) is 5.01 Å². The summed E-state index contributed by atoms with van der Waals surface area (Å²) < 4.78 is 4.58. The van der Waals surface area contributed by atoms with Gasteiger partial charge in [-0.25, -0.2) is 0 Å². The average molecular weight is 334 g/mol. The number of amides is 1. The van der Waals surface area contributed by atoms with Crippen LogP contribution in [0.3, 0.4) is 0 Å². The molecule has 1 heterocycles. The van der Waals surface area contributed by atoms with E-state index in [2.05, 4.69) is 20.3 Å². The number of methoxy groups -OCH3 is 1. The number of rotatable bonds is 6. The van der Waals surface area contributed by atoms with E-state index in [4.69, 9.17) is 5.73 Å². The molecule has 0 bridgehead atoms. The number of carbonyl (C=O) groups is 2. The standard InChI is InChI=1S/C15H18N4O3S/c1-9-6-7-10(16)8-11(9)14(21)17-15-19-18-12(23-15)4-3-5-13(20)22-2/h6-8H,3-5,16H2,1-2H3,(H,17,19,21). The van der Waals surface area contributed by atoms with Crippen LogP contribution < -0.4 is 11.1 Å². The maximum absolute atomic E-state index is 12.2. The van der Waals surface area contributed by atoms with Crippen molar-refractivity contribution in [3.05, 3.63) is 34.3 Å². The Kier molecular flexibility index (Phi) is 5.64. The summed E-state index contributed by atoms with van der Waals surface area (Å²) in [5.74, 6) is -0.521. The van der Waals surface area contributed by atoms with E-state index < -0.39 is 0 Å². The molecule has 122 valence electrons. The van der Waals surface area contributed by atoms with Gasteiger partial charge in [-0.3, -0.25) is 14.9 Å². The molecule has 1 aromatic carbocycles. The lowest BCUT2D eigenvalue weighted by Gasteiger charge is -2.05. The summed E-state index contributed by atoms with van der Waals surface area (Å²) in [6.45, 7) is 1.84. The molecule has 3 N–H and O–H groups in total. The zero-order chi connectivity index (χ0) is 16.8. The molecule has 0 spiro atoms. The van der Waals surface area contributed by atoms with E-state index in [0.29, 0.717) is 35.6 Å². The number of aromatic nitrogens is 2. The van der Waals surface area contributed by atoms with Crippen LogP contribution >= 0.6 is 11.3 Å². The fraction of sp³-hybridized carbons (Fsp3) is 0.333. The molecule has 0 aliphatic rings.